The number of amides is 1. The van der Waals surface area contributed by atoms with E-state index in [-0.39, 0.29) is 48.2 Å². The van der Waals surface area contributed by atoms with E-state index < -0.39 is 77.9 Å². The zero-order valence-corrected chi connectivity index (χ0v) is 42.6. The highest BCUT2D eigenvalue weighted by Gasteiger charge is 2.53. The third-order valence-corrected chi connectivity index (χ3v) is 15.2. The number of carbonyl (C=O) groups is 4. The minimum atomic E-state index is -2.39. The Morgan fingerprint density at radius 1 is 0.776 bits per heavy atom. The van der Waals surface area contributed by atoms with E-state index in [1.54, 1.807) is 42.3 Å². The van der Waals surface area contributed by atoms with Crippen LogP contribution in [-0.4, -0.2) is 141 Å². The molecule has 67 heavy (non-hydrogen) atoms. The molecule has 14 heteroatoms. The van der Waals surface area contributed by atoms with Crippen molar-refractivity contribution in [3.05, 3.63) is 47.6 Å². The number of allylic oxidation sites excluding steroid dienone is 5. The molecular formula is C53H85NO13. The molecule has 3 heterocycles. The van der Waals surface area contributed by atoms with Crippen molar-refractivity contribution in [1.82, 2.24) is 4.90 Å². The standard InChI is InChI=1S/C53H85NO13/c1-32-18-14-13-15-19-33(2)43(62-9)30-40-23-21-38(7)53(60,67-40)50(57)51(58)54-25-17-16-20-41(54)52(59)66-45(35(4)28-39-22-24-42(61-8)46(29-39)64-11)31-44(63-10)34(3)27-37(6)48(56)49(65-12)47(55)36(5)26-32/h13-15,18-19,27,32,34-36,38-46,48-49,56,60H,16-17,20-26,28-31H2,1-12H3/b15-13+,18-14+,33-19+,37-27+/t32-,34-,35-,36-,38-,39+,40+,41+,42-,43+,44-,45+,46-,48-,49+,53-/m1/s1. The van der Waals surface area contributed by atoms with Crippen molar-refractivity contribution in [2.75, 3.05) is 42.1 Å². The predicted octanol–water partition coefficient (Wildman–Crippen LogP) is 7.28. The van der Waals surface area contributed by atoms with E-state index in [9.17, 15) is 29.4 Å². The zero-order chi connectivity index (χ0) is 49.6. The predicted molar refractivity (Wildman–Crippen MR) is 256 cm³/mol. The van der Waals surface area contributed by atoms with Gasteiger partial charge in [0.1, 0.15) is 24.4 Å². The summed E-state index contributed by atoms with van der Waals surface area (Å²) in [6, 6.07) is -1.05. The van der Waals surface area contributed by atoms with Crippen molar-refractivity contribution in [2.24, 2.45) is 35.5 Å². The van der Waals surface area contributed by atoms with Crippen molar-refractivity contribution < 1.29 is 62.5 Å². The van der Waals surface area contributed by atoms with E-state index in [0.29, 0.717) is 56.9 Å². The van der Waals surface area contributed by atoms with E-state index in [1.165, 1.54) is 12.0 Å². The number of fused-ring (bicyclic) bond motifs is 3. The van der Waals surface area contributed by atoms with Gasteiger partial charge in [-0.15, -0.1) is 0 Å². The number of piperidine rings is 1. The summed E-state index contributed by atoms with van der Waals surface area (Å²) in [7, 11) is 8.03. The second-order valence-corrected chi connectivity index (χ2v) is 20.2. The van der Waals surface area contributed by atoms with Gasteiger partial charge >= 0.3 is 5.97 Å². The minimum Gasteiger partial charge on any atom is -0.460 e. The van der Waals surface area contributed by atoms with Crippen molar-refractivity contribution >= 4 is 23.4 Å². The Hall–Kier alpha value is -3.08. The second-order valence-electron chi connectivity index (χ2n) is 20.2. The molecule has 1 saturated carbocycles. The number of hydrogen-bond acceptors (Lipinski definition) is 13. The van der Waals surface area contributed by atoms with Gasteiger partial charge in [0, 0.05) is 72.7 Å². The number of aliphatic hydroxyl groups is 2. The fraction of sp³-hybridized carbons (Fsp3) is 0.774. The summed E-state index contributed by atoms with van der Waals surface area (Å²) in [5.74, 6) is -6.47. The topological polar surface area (TPSA) is 177 Å². The van der Waals surface area contributed by atoms with Crippen LogP contribution in [0.15, 0.2) is 47.6 Å². The highest BCUT2D eigenvalue weighted by atomic mass is 16.6. The Labute approximate surface area is 401 Å². The Morgan fingerprint density at radius 2 is 1.48 bits per heavy atom. The van der Waals surface area contributed by atoms with Crippen LogP contribution in [0.2, 0.25) is 0 Å². The maximum Gasteiger partial charge on any atom is 0.329 e. The van der Waals surface area contributed by atoms with Gasteiger partial charge in [-0.1, -0.05) is 71.1 Å². The molecule has 0 unspecified atom stereocenters. The molecule has 1 amide bonds. The minimum absolute atomic E-state index is 0.000390. The van der Waals surface area contributed by atoms with Crippen LogP contribution in [0.3, 0.4) is 0 Å². The highest BCUT2D eigenvalue weighted by Crippen LogP contribution is 2.38. The van der Waals surface area contributed by atoms with Gasteiger partial charge in [0.05, 0.1) is 30.5 Å². The molecule has 4 aliphatic rings. The third-order valence-electron chi connectivity index (χ3n) is 15.2. The largest absolute Gasteiger partial charge is 0.460 e. The molecule has 14 nitrogen and oxygen atoms in total. The van der Waals surface area contributed by atoms with Gasteiger partial charge in [0.15, 0.2) is 5.78 Å². The van der Waals surface area contributed by atoms with Gasteiger partial charge in [0.2, 0.25) is 5.79 Å². The quantitative estimate of drug-likeness (QED) is 0.141. The van der Waals surface area contributed by atoms with Crippen LogP contribution in [0.25, 0.3) is 0 Å². The summed E-state index contributed by atoms with van der Waals surface area (Å²) in [4.78, 5) is 58.3. The third kappa shape index (κ3) is 15.0. The number of aliphatic hydroxyl groups excluding tert-OH is 1. The van der Waals surface area contributed by atoms with Gasteiger partial charge < -0.3 is 48.3 Å². The summed E-state index contributed by atoms with van der Waals surface area (Å²) < 4.78 is 41.9. The van der Waals surface area contributed by atoms with E-state index in [1.807, 2.05) is 64.2 Å². The summed E-state index contributed by atoms with van der Waals surface area (Å²) in [6.07, 6.45) is 14.0. The van der Waals surface area contributed by atoms with Crippen LogP contribution in [0.4, 0.5) is 0 Å². The molecule has 16 atom stereocenters. The van der Waals surface area contributed by atoms with Crippen LogP contribution in [-0.2, 0) is 52.3 Å². The molecule has 0 spiro atoms. The molecule has 380 valence electrons. The zero-order valence-electron chi connectivity index (χ0n) is 42.6. The molecule has 0 radical (unpaired) electrons. The Morgan fingerprint density at radius 3 is 2.13 bits per heavy atom. The Kier molecular flexibility index (Phi) is 22.6. The number of methoxy groups -OCH3 is 5. The first-order valence-electron chi connectivity index (χ1n) is 24.8. The van der Waals surface area contributed by atoms with Crippen LogP contribution >= 0.6 is 0 Å². The number of cyclic esters (lactones) is 1. The molecular weight excluding hydrogens is 859 g/mol. The van der Waals surface area contributed by atoms with Crippen LogP contribution in [0, 0.1) is 35.5 Å². The summed E-state index contributed by atoms with van der Waals surface area (Å²) in [6.45, 7) is 13.5. The first kappa shape index (κ1) is 56.5. The van der Waals surface area contributed by atoms with Crippen molar-refractivity contribution in [2.45, 2.75) is 186 Å². The first-order chi connectivity index (χ1) is 31.8. The van der Waals surface area contributed by atoms with E-state index in [0.717, 1.165) is 31.3 Å². The summed E-state index contributed by atoms with van der Waals surface area (Å²) >= 11 is 0. The SMILES string of the molecule is CO[C@H]1C[C@@H]2CC[C@@H](C)[C@@](O)(O2)C(=O)C(=O)N2CCCC[C@H]2C(=O)O[C@H]([C@H](C)C[C@@H]2CC[C@@H](OC)[C@H](OC)C2)C[C@@H](OC)[C@H](C)/C=C(\C)[C@@H](O)[C@@H](OC)C(=O)[C@H](C)C[C@H](C)/C=C/C=C/C=C/1C. The van der Waals surface area contributed by atoms with Crippen LogP contribution in [0.5, 0.6) is 0 Å². The molecule has 4 rings (SSSR count). The van der Waals surface area contributed by atoms with Crippen molar-refractivity contribution in [1.29, 1.82) is 0 Å². The van der Waals surface area contributed by atoms with Gasteiger partial charge in [-0.05, 0) is 107 Å². The molecule has 0 aromatic heterocycles. The molecule has 0 aromatic rings. The normalized spacial score (nSPS) is 40.7. The molecule has 1 aliphatic carbocycles. The Bertz CT molecular complexity index is 1740. The molecule has 0 aromatic carbocycles. The highest BCUT2D eigenvalue weighted by molar-refractivity contribution is 6.39. The van der Waals surface area contributed by atoms with Crippen molar-refractivity contribution in [3.63, 3.8) is 0 Å². The van der Waals surface area contributed by atoms with E-state index in [2.05, 4.69) is 6.92 Å². The number of Topliss-reactive ketones (excluding diaryl/α,β-unsaturated/α-hetero) is 2. The molecule has 2 N–H and O–H groups in total. The van der Waals surface area contributed by atoms with Gasteiger partial charge in [-0.3, -0.25) is 14.4 Å². The lowest BCUT2D eigenvalue weighted by Crippen LogP contribution is -2.61. The maximum absolute atomic E-state index is 14.6. The molecule has 2 bridgehead atoms. The lowest BCUT2D eigenvalue weighted by atomic mass is 9.78. The number of ketones is 2. The lowest BCUT2D eigenvalue weighted by molar-refractivity contribution is -0.265. The number of ether oxygens (including phenoxy) is 7. The summed E-state index contributed by atoms with van der Waals surface area (Å²) in [5, 5.41) is 23.6. The number of hydrogen-bond donors (Lipinski definition) is 2. The van der Waals surface area contributed by atoms with Gasteiger partial charge in [-0.2, -0.15) is 0 Å². The van der Waals surface area contributed by atoms with E-state index in [4.69, 9.17) is 33.2 Å². The van der Waals surface area contributed by atoms with Crippen LogP contribution < -0.4 is 0 Å². The maximum atomic E-state index is 14.6. The van der Waals surface area contributed by atoms with Gasteiger partial charge in [-0.25, -0.2) is 4.79 Å². The Balaban J connectivity index is 1.72. The first-order valence-corrected chi connectivity index (χ1v) is 24.8. The fourth-order valence-electron chi connectivity index (χ4n) is 10.8. The lowest BCUT2D eigenvalue weighted by Gasteiger charge is -2.43. The molecule has 3 aliphatic heterocycles. The second kappa shape index (κ2) is 26.8. The number of esters is 1. The van der Waals surface area contributed by atoms with Crippen molar-refractivity contribution in [3.8, 4) is 0 Å². The number of carbonyl (C=O) groups excluding carboxylic acids is 4. The average molecular weight is 944 g/mol. The van der Waals surface area contributed by atoms with E-state index >= 15 is 0 Å². The number of rotatable bonds is 8. The molecule has 3 fully saturated rings. The monoisotopic (exact) mass is 944 g/mol. The molecule has 2 saturated heterocycles. The summed E-state index contributed by atoms with van der Waals surface area (Å²) in [5.41, 5.74) is 1.45. The fourth-order valence-corrected chi connectivity index (χ4v) is 10.8. The van der Waals surface area contributed by atoms with Crippen LogP contribution in [0.1, 0.15) is 126 Å². The van der Waals surface area contributed by atoms with Gasteiger partial charge in [0.25, 0.3) is 11.7 Å². The number of nitrogens with zero attached hydrogens (tertiary/aromatic N) is 1. The smallest absolute Gasteiger partial charge is 0.329 e. The average Bonchev–Trinajstić information content (AvgIpc) is 3.31.